The second-order valence-electron chi connectivity index (χ2n) is 4.25. The van der Waals surface area contributed by atoms with Crippen LogP contribution in [0.3, 0.4) is 0 Å². The maximum Gasteiger partial charge on any atom is 0.158 e. The second-order valence-corrected chi connectivity index (χ2v) is 4.64. The molecule has 0 saturated heterocycles. The minimum Gasteiger partial charge on any atom is -0.495 e. The fourth-order valence-corrected chi connectivity index (χ4v) is 1.98. The number of benzene rings is 1. The van der Waals surface area contributed by atoms with Gasteiger partial charge in [-0.05, 0) is 24.6 Å². The van der Waals surface area contributed by atoms with Gasteiger partial charge in [0.15, 0.2) is 5.82 Å². The number of nitrogens with zero attached hydrogens (tertiary/aromatic N) is 2. The summed E-state index contributed by atoms with van der Waals surface area (Å²) in [6.07, 6.45) is 0. The first-order chi connectivity index (χ1) is 9.62. The third-order valence-electron chi connectivity index (χ3n) is 2.63. The number of methoxy groups -OCH3 is 2. The van der Waals surface area contributed by atoms with Crippen LogP contribution >= 0.6 is 11.6 Å². The number of hydrogen-bond acceptors (Lipinski definition) is 5. The summed E-state index contributed by atoms with van der Waals surface area (Å²) < 4.78 is 10.3. The number of aromatic nitrogens is 2. The van der Waals surface area contributed by atoms with E-state index in [4.69, 9.17) is 21.1 Å². The molecule has 0 atom stereocenters. The Bertz CT molecular complexity index is 605. The normalized spacial score (nSPS) is 10.4. The van der Waals surface area contributed by atoms with Crippen molar-refractivity contribution in [3.63, 3.8) is 0 Å². The maximum absolute atomic E-state index is 5.98. The average Bonchev–Trinajstić information content (AvgIpc) is 2.38. The highest BCUT2D eigenvalue weighted by atomic mass is 35.5. The van der Waals surface area contributed by atoms with E-state index in [1.54, 1.807) is 20.3 Å². The van der Waals surface area contributed by atoms with Gasteiger partial charge in [0.2, 0.25) is 0 Å². The molecule has 0 bridgehead atoms. The number of anilines is 2. The molecule has 1 aromatic carbocycles. The summed E-state index contributed by atoms with van der Waals surface area (Å²) in [5, 5.41) is 3.55. The molecule has 20 heavy (non-hydrogen) atoms. The highest BCUT2D eigenvalue weighted by molar-refractivity contribution is 6.29. The molecule has 0 saturated carbocycles. The largest absolute Gasteiger partial charge is 0.495 e. The lowest BCUT2D eigenvalue weighted by atomic mass is 10.2. The summed E-state index contributed by atoms with van der Waals surface area (Å²) >= 11 is 5.98. The van der Waals surface area contributed by atoms with Gasteiger partial charge in [0.05, 0.1) is 12.8 Å². The zero-order chi connectivity index (χ0) is 14.5. The van der Waals surface area contributed by atoms with Gasteiger partial charge >= 0.3 is 0 Å². The maximum atomic E-state index is 5.98. The topological polar surface area (TPSA) is 56.3 Å². The molecule has 1 heterocycles. The van der Waals surface area contributed by atoms with Crippen LogP contribution in [0.15, 0.2) is 24.3 Å². The second kappa shape index (κ2) is 6.54. The number of halogens is 1. The molecule has 2 rings (SSSR count). The number of nitrogens with one attached hydrogen (secondary N) is 1. The Hall–Kier alpha value is -1.85. The predicted octanol–water partition coefficient (Wildman–Crippen LogP) is 3.34. The van der Waals surface area contributed by atoms with Crippen molar-refractivity contribution in [1.29, 1.82) is 0 Å². The molecule has 0 aliphatic rings. The zero-order valence-electron chi connectivity index (χ0n) is 11.6. The molecule has 0 aliphatic heterocycles. The van der Waals surface area contributed by atoms with Crippen LogP contribution in [0.1, 0.15) is 11.4 Å². The van der Waals surface area contributed by atoms with E-state index in [1.165, 1.54) is 0 Å². The zero-order valence-corrected chi connectivity index (χ0v) is 12.4. The van der Waals surface area contributed by atoms with Crippen molar-refractivity contribution >= 4 is 23.1 Å². The van der Waals surface area contributed by atoms with Gasteiger partial charge in [-0.25, -0.2) is 9.97 Å². The quantitative estimate of drug-likeness (QED) is 0.857. The monoisotopic (exact) mass is 293 g/mol. The van der Waals surface area contributed by atoms with Crippen LogP contribution in [0.4, 0.5) is 11.5 Å². The molecule has 1 N–H and O–H groups in total. The standard InChI is InChI=1S/C14H16ClN3O2/c1-9-4-5-11(20-3)10(6-9)16-13-7-12(15)17-14(18-13)8-19-2/h4-7H,8H2,1-3H3,(H,16,17,18). The number of hydrogen-bond donors (Lipinski definition) is 1. The highest BCUT2D eigenvalue weighted by Crippen LogP contribution is 2.28. The Balaban J connectivity index is 2.31. The van der Waals surface area contributed by atoms with Gasteiger partial charge in [0.25, 0.3) is 0 Å². The molecule has 0 radical (unpaired) electrons. The van der Waals surface area contributed by atoms with E-state index in [9.17, 15) is 0 Å². The molecule has 0 amide bonds. The van der Waals surface area contributed by atoms with Crippen LogP contribution in [0.25, 0.3) is 0 Å². The summed E-state index contributed by atoms with van der Waals surface area (Å²) in [6.45, 7) is 2.31. The lowest BCUT2D eigenvalue weighted by molar-refractivity contribution is 0.178. The fourth-order valence-electron chi connectivity index (χ4n) is 1.78. The van der Waals surface area contributed by atoms with Gasteiger partial charge in [0.1, 0.15) is 23.3 Å². The van der Waals surface area contributed by atoms with Crippen LogP contribution < -0.4 is 10.1 Å². The average molecular weight is 294 g/mol. The summed E-state index contributed by atoms with van der Waals surface area (Å²) in [5.74, 6) is 1.86. The first-order valence-electron chi connectivity index (χ1n) is 6.06. The molecule has 0 unspecified atom stereocenters. The lowest BCUT2D eigenvalue weighted by Crippen LogP contribution is -2.02. The van der Waals surface area contributed by atoms with Gasteiger partial charge in [-0.2, -0.15) is 0 Å². The van der Waals surface area contributed by atoms with Crippen molar-refractivity contribution in [3.8, 4) is 5.75 Å². The molecule has 0 spiro atoms. The van der Waals surface area contributed by atoms with E-state index in [0.717, 1.165) is 17.0 Å². The molecule has 2 aromatic rings. The van der Waals surface area contributed by atoms with Crippen LogP contribution in [0.5, 0.6) is 5.75 Å². The van der Waals surface area contributed by atoms with E-state index < -0.39 is 0 Å². The van der Waals surface area contributed by atoms with E-state index >= 15 is 0 Å². The first kappa shape index (κ1) is 14.6. The van der Waals surface area contributed by atoms with Gasteiger partial charge in [-0.3, -0.25) is 0 Å². The smallest absolute Gasteiger partial charge is 0.158 e. The Labute approximate surface area is 122 Å². The molecule has 106 valence electrons. The molecule has 6 heteroatoms. The Kier molecular flexibility index (Phi) is 4.76. The summed E-state index contributed by atoms with van der Waals surface area (Å²) in [7, 11) is 3.21. The SMILES string of the molecule is COCc1nc(Cl)cc(Nc2cc(C)ccc2OC)n1. The van der Waals surface area contributed by atoms with Crippen molar-refractivity contribution in [3.05, 3.63) is 40.8 Å². The van der Waals surface area contributed by atoms with Gasteiger partial charge in [0, 0.05) is 13.2 Å². The van der Waals surface area contributed by atoms with E-state index in [0.29, 0.717) is 23.4 Å². The molecular weight excluding hydrogens is 278 g/mol. The molecule has 5 nitrogen and oxygen atoms in total. The minimum atomic E-state index is 0.306. The Morgan fingerprint density at radius 3 is 2.70 bits per heavy atom. The number of rotatable bonds is 5. The van der Waals surface area contributed by atoms with Crippen molar-refractivity contribution in [1.82, 2.24) is 9.97 Å². The van der Waals surface area contributed by atoms with Crippen LogP contribution in [0.2, 0.25) is 5.15 Å². The van der Waals surface area contributed by atoms with Crippen molar-refractivity contribution in [2.45, 2.75) is 13.5 Å². The Morgan fingerprint density at radius 2 is 2.00 bits per heavy atom. The fraction of sp³-hybridized carbons (Fsp3) is 0.286. The molecule has 0 fully saturated rings. The van der Waals surface area contributed by atoms with Gasteiger partial charge in [-0.1, -0.05) is 17.7 Å². The van der Waals surface area contributed by atoms with Crippen molar-refractivity contribution < 1.29 is 9.47 Å². The first-order valence-corrected chi connectivity index (χ1v) is 6.44. The van der Waals surface area contributed by atoms with Crippen molar-refractivity contribution in [2.24, 2.45) is 0 Å². The number of ether oxygens (including phenoxy) is 2. The summed E-state index contributed by atoms with van der Waals surface area (Å²) in [6, 6.07) is 7.51. The lowest BCUT2D eigenvalue weighted by Gasteiger charge is -2.12. The molecule has 1 aromatic heterocycles. The summed E-state index contributed by atoms with van der Waals surface area (Å²) in [4.78, 5) is 8.42. The van der Waals surface area contributed by atoms with Crippen molar-refractivity contribution in [2.75, 3.05) is 19.5 Å². The van der Waals surface area contributed by atoms with Crippen LogP contribution in [0, 0.1) is 6.92 Å². The van der Waals surface area contributed by atoms with Crippen LogP contribution in [-0.4, -0.2) is 24.2 Å². The highest BCUT2D eigenvalue weighted by Gasteiger charge is 2.07. The van der Waals surface area contributed by atoms with E-state index in [2.05, 4.69) is 15.3 Å². The molecular formula is C14H16ClN3O2. The van der Waals surface area contributed by atoms with E-state index in [-0.39, 0.29) is 0 Å². The minimum absolute atomic E-state index is 0.306. The summed E-state index contributed by atoms with van der Waals surface area (Å²) in [5.41, 5.74) is 1.94. The third-order valence-corrected chi connectivity index (χ3v) is 2.83. The van der Waals surface area contributed by atoms with Gasteiger partial charge < -0.3 is 14.8 Å². The Morgan fingerprint density at radius 1 is 1.20 bits per heavy atom. The number of aryl methyl sites for hydroxylation is 1. The predicted molar refractivity (Wildman–Crippen MR) is 78.8 cm³/mol. The van der Waals surface area contributed by atoms with E-state index in [1.807, 2.05) is 25.1 Å². The van der Waals surface area contributed by atoms with Gasteiger partial charge in [-0.15, -0.1) is 0 Å². The third kappa shape index (κ3) is 3.59. The van der Waals surface area contributed by atoms with Crippen LogP contribution in [-0.2, 0) is 11.3 Å². The molecule has 0 aliphatic carbocycles.